The predicted molar refractivity (Wildman–Crippen MR) is 126 cm³/mol. The van der Waals surface area contributed by atoms with Gasteiger partial charge >= 0.3 is 0 Å². The van der Waals surface area contributed by atoms with E-state index in [9.17, 15) is 4.79 Å². The number of nitrogens with two attached hydrogens (primary N) is 1. The number of aromatic nitrogens is 2. The Bertz CT molecular complexity index is 1080. The number of hydrogen-bond acceptors (Lipinski definition) is 8. The molecule has 0 bridgehead atoms. The molecule has 9 nitrogen and oxygen atoms in total. The summed E-state index contributed by atoms with van der Waals surface area (Å²) in [6.45, 7) is 4.05. The Morgan fingerprint density at radius 2 is 1.78 bits per heavy atom. The van der Waals surface area contributed by atoms with Gasteiger partial charge in [-0.2, -0.15) is 0 Å². The number of ether oxygens (including phenoxy) is 1. The molecule has 0 atom stereocenters. The second-order valence-electron chi connectivity index (χ2n) is 7.65. The van der Waals surface area contributed by atoms with Gasteiger partial charge in [-0.05, 0) is 31.3 Å². The van der Waals surface area contributed by atoms with Crippen molar-refractivity contribution in [2.45, 2.75) is 0 Å². The highest BCUT2D eigenvalue weighted by Gasteiger charge is 2.15. The van der Waals surface area contributed by atoms with Crippen molar-refractivity contribution in [3.8, 4) is 5.75 Å². The van der Waals surface area contributed by atoms with Crippen molar-refractivity contribution in [2.24, 2.45) is 5.73 Å². The lowest BCUT2D eigenvalue weighted by molar-refractivity contribution is 0.100. The van der Waals surface area contributed by atoms with Crippen LogP contribution in [-0.4, -0.2) is 61.1 Å². The third-order valence-electron chi connectivity index (χ3n) is 5.39. The van der Waals surface area contributed by atoms with Crippen LogP contribution in [0.25, 0.3) is 0 Å². The highest BCUT2D eigenvalue weighted by molar-refractivity contribution is 5.99. The molecule has 4 rings (SSSR count). The van der Waals surface area contributed by atoms with Crippen LogP contribution < -0.4 is 26.0 Å². The van der Waals surface area contributed by atoms with Crippen LogP contribution in [0.4, 0.5) is 28.7 Å². The zero-order chi connectivity index (χ0) is 22.5. The van der Waals surface area contributed by atoms with Crippen molar-refractivity contribution in [2.75, 3.05) is 55.9 Å². The summed E-state index contributed by atoms with van der Waals surface area (Å²) in [5, 5.41) is 6.41. The normalized spacial score (nSPS) is 14.1. The topological polar surface area (TPSA) is 109 Å². The lowest BCUT2D eigenvalue weighted by atomic mass is 10.2. The Hall–Kier alpha value is -3.85. The number of carbonyl (C=O) groups excluding carboxylic acids is 1. The number of anilines is 5. The minimum atomic E-state index is -0.566. The van der Waals surface area contributed by atoms with Gasteiger partial charge in [-0.15, -0.1) is 0 Å². The smallest absolute Gasteiger partial charge is 0.252 e. The molecule has 9 heteroatoms. The minimum absolute atomic E-state index is 0.289. The molecule has 2 aromatic heterocycles. The zero-order valence-electron chi connectivity index (χ0n) is 18.2. The van der Waals surface area contributed by atoms with Gasteiger partial charge in [0.2, 0.25) is 0 Å². The van der Waals surface area contributed by atoms with Crippen LogP contribution in [0.2, 0.25) is 0 Å². The average Bonchev–Trinajstić information content (AvgIpc) is 2.80. The number of pyridine rings is 2. The molecule has 1 aliphatic rings. The number of hydrogen-bond donors (Lipinski definition) is 3. The summed E-state index contributed by atoms with van der Waals surface area (Å²) < 4.78 is 5.26. The van der Waals surface area contributed by atoms with Gasteiger partial charge in [0.05, 0.1) is 30.2 Å². The second-order valence-corrected chi connectivity index (χ2v) is 7.65. The van der Waals surface area contributed by atoms with Gasteiger partial charge in [0, 0.05) is 50.2 Å². The summed E-state index contributed by atoms with van der Waals surface area (Å²) in [5.74, 6) is 1.34. The molecule has 1 aromatic carbocycles. The number of rotatable bonds is 7. The summed E-state index contributed by atoms with van der Waals surface area (Å²) >= 11 is 0. The van der Waals surface area contributed by atoms with Crippen molar-refractivity contribution in [1.29, 1.82) is 0 Å². The second kappa shape index (κ2) is 9.52. The van der Waals surface area contributed by atoms with Crippen molar-refractivity contribution in [1.82, 2.24) is 14.9 Å². The van der Waals surface area contributed by atoms with Gasteiger partial charge in [0.1, 0.15) is 17.4 Å². The van der Waals surface area contributed by atoms with E-state index in [0.29, 0.717) is 23.1 Å². The standard InChI is InChI=1S/C23H27N7O2/c1-29-8-10-30(11-9-29)17-6-7-21(25-14-17)28-22-13-20(19(15-26-22)23(24)31)27-16-4-3-5-18(12-16)32-2/h3-7,12-15H,8-11H2,1-2H3,(H2,24,31)(H2,25,26,27,28). The number of nitrogens with one attached hydrogen (secondary N) is 2. The van der Waals surface area contributed by atoms with E-state index >= 15 is 0 Å². The van der Waals surface area contributed by atoms with Crippen LogP contribution in [0.15, 0.2) is 54.9 Å². The van der Waals surface area contributed by atoms with E-state index in [1.807, 2.05) is 42.6 Å². The molecule has 1 aliphatic heterocycles. The maximum absolute atomic E-state index is 11.9. The molecule has 166 valence electrons. The molecule has 1 fully saturated rings. The van der Waals surface area contributed by atoms with Gasteiger partial charge in [-0.25, -0.2) is 9.97 Å². The number of benzene rings is 1. The highest BCUT2D eigenvalue weighted by atomic mass is 16.5. The first-order valence-corrected chi connectivity index (χ1v) is 10.4. The van der Waals surface area contributed by atoms with Crippen molar-refractivity contribution in [3.05, 3.63) is 60.4 Å². The fourth-order valence-corrected chi connectivity index (χ4v) is 3.52. The molecule has 3 aromatic rings. The van der Waals surface area contributed by atoms with Crippen LogP contribution in [0, 0.1) is 0 Å². The average molecular weight is 434 g/mol. The van der Waals surface area contributed by atoms with E-state index in [2.05, 4.69) is 37.4 Å². The van der Waals surface area contributed by atoms with Crippen LogP contribution in [0.5, 0.6) is 5.75 Å². The molecule has 0 radical (unpaired) electrons. The Labute approximate surface area is 187 Å². The first-order chi connectivity index (χ1) is 15.5. The van der Waals surface area contributed by atoms with Crippen LogP contribution >= 0.6 is 0 Å². The molecular formula is C23H27N7O2. The third-order valence-corrected chi connectivity index (χ3v) is 5.39. The van der Waals surface area contributed by atoms with Crippen molar-refractivity contribution in [3.63, 3.8) is 0 Å². The summed E-state index contributed by atoms with van der Waals surface area (Å²) in [6.07, 6.45) is 3.31. The number of primary amides is 1. The van der Waals surface area contributed by atoms with E-state index in [-0.39, 0.29) is 5.56 Å². The first kappa shape index (κ1) is 21.4. The fraction of sp³-hybridized carbons (Fsp3) is 0.261. The number of piperazine rings is 1. The summed E-state index contributed by atoms with van der Waals surface area (Å²) in [7, 11) is 3.74. The monoisotopic (exact) mass is 433 g/mol. The Balaban J connectivity index is 1.51. The van der Waals surface area contributed by atoms with Crippen LogP contribution in [0.1, 0.15) is 10.4 Å². The van der Waals surface area contributed by atoms with Gasteiger partial charge < -0.3 is 30.9 Å². The van der Waals surface area contributed by atoms with Gasteiger partial charge in [-0.1, -0.05) is 6.07 Å². The molecule has 0 unspecified atom stereocenters. The number of methoxy groups -OCH3 is 1. The molecule has 1 amide bonds. The largest absolute Gasteiger partial charge is 0.497 e. The van der Waals surface area contributed by atoms with E-state index in [4.69, 9.17) is 10.5 Å². The quantitative estimate of drug-likeness (QED) is 0.522. The van der Waals surface area contributed by atoms with Crippen molar-refractivity contribution < 1.29 is 9.53 Å². The van der Waals surface area contributed by atoms with E-state index < -0.39 is 5.91 Å². The number of nitrogens with zero attached hydrogens (tertiary/aromatic N) is 4. The molecular weight excluding hydrogens is 406 g/mol. The van der Waals surface area contributed by atoms with E-state index in [1.165, 1.54) is 6.20 Å². The Morgan fingerprint density at radius 1 is 1.00 bits per heavy atom. The molecule has 0 aliphatic carbocycles. The zero-order valence-corrected chi connectivity index (χ0v) is 18.2. The molecule has 32 heavy (non-hydrogen) atoms. The lowest BCUT2D eigenvalue weighted by Crippen LogP contribution is -2.44. The SMILES string of the molecule is COc1cccc(Nc2cc(Nc3ccc(N4CCN(C)CC4)cn3)ncc2C(N)=O)c1. The highest BCUT2D eigenvalue weighted by Crippen LogP contribution is 2.27. The predicted octanol–water partition coefficient (Wildman–Crippen LogP) is 2.82. The first-order valence-electron chi connectivity index (χ1n) is 10.4. The van der Waals surface area contributed by atoms with Crippen molar-refractivity contribution >= 4 is 34.6 Å². The van der Waals surface area contributed by atoms with Gasteiger partial charge in [-0.3, -0.25) is 4.79 Å². The fourth-order valence-electron chi connectivity index (χ4n) is 3.52. The molecule has 4 N–H and O–H groups in total. The van der Waals surface area contributed by atoms with Crippen LogP contribution in [0.3, 0.4) is 0 Å². The minimum Gasteiger partial charge on any atom is -0.497 e. The number of likely N-dealkylation sites (N-methyl/N-ethyl adjacent to an activating group) is 1. The Kier molecular flexibility index (Phi) is 6.37. The molecule has 3 heterocycles. The van der Waals surface area contributed by atoms with Gasteiger partial charge in [0.25, 0.3) is 5.91 Å². The molecule has 0 saturated carbocycles. The number of amides is 1. The maximum atomic E-state index is 11.9. The van der Waals surface area contributed by atoms with Gasteiger partial charge in [0.15, 0.2) is 0 Å². The summed E-state index contributed by atoms with van der Waals surface area (Å²) in [4.78, 5) is 25.4. The van der Waals surface area contributed by atoms with E-state index in [0.717, 1.165) is 37.6 Å². The van der Waals surface area contributed by atoms with Crippen LogP contribution in [-0.2, 0) is 0 Å². The van der Waals surface area contributed by atoms with E-state index in [1.54, 1.807) is 13.2 Å². The molecule has 0 spiro atoms. The molecule has 1 saturated heterocycles. The summed E-state index contributed by atoms with van der Waals surface area (Å²) in [6, 6.07) is 13.1. The summed E-state index contributed by atoms with van der Waals surface area (Å²) in [5.41, 5.74) is 8.23. The maximum Gasteiger partial charge on any atom is 0.252 e. The number of carbonyl (C=O) groups is 1. The lowest BCUT2D eigenvalue weighted by Gasteiger charge is -2.33. The Morgan fingerprint density at radius 3 is 2.47 bits per heavy atom. The third kappa shape index (κ3) is 5.06.